The van der Waals surface area contributed by atoms with Crippen LogP contribution >= 0.6 is 0 Å². The lowest BCUT2D eigenvalue weighted by Gasteiger charge is -2.40. The molecule has 2 saturated heterocycles. The van der Waals surface area contributed by atoms with Crippen molar-refractivity contribution in [2.24, 2.45) is 5.73 Å². The number of piperidine rings is 2. The summed E-state index contributed by atoms with van der Waals surface area (Å²) in [7, 11) is 0. The van der Waals surface area contributed by atoms with Gasteiger partial charge in [-0.2, -0.15) is 0 Å². The van der Waals surface area contributed by atoms with Crippen LogP contribution in [0.3, 0.4) is 0 Å². The maximum absolute atomic E-state index is 14.5. The SMILES string of the molecule is NCCc1ccc(Oc2ccc(F)c(C(=O)N3CCC(N4CCCCC4)CC3)c2)cc1. The second kappa shape index (κ2) is 10.2. The van der Waals surface area contributed by atoms with Crippen LogP contribution < -0.4 is 10.5 Å². The fourth-order valence-electron chi connectivity index (χ4n) is 4.65. The normalized spacial score (nSPS) is 18.2. The van der Waals surface area contributed by atoms with E-state index in [1.807, 2.05) is 24.3 Å². The maximum atomic E-state index is 14.5. The standard InChI is InChI=1S/C25H32FN3O2/c26-24-9-8-22(31-21-6-4-19(5-7-21)10-13-27)18-23(24)25(30)29-16-11-20(12-17-29)28-14-2-1-3-15-28/h4-9,18,20H,1-3,10-17,27H2. The predicted octanol–water partition coefficient (Wildman–Crippen LogP) is 4.21. The minimum atomic E-state index is -0.506. The second-order valence-electron chi connectivity index (χ2n) is 8.55. The first-order valence-corrected chi connectivity index (χ1v) is 11.4. The minimum Gasteiger partial charge on any atom is -0.457 e. The van der Waals surface area contributed by atoms with Crippen molar-refractivity contribution in [3.8, 4) is 11.5 Å². The second-order valence-corrected chi connectivity index (χ2v) is 8.55. The average molecular weight is 426 g/mol. The highest BCUT2D eigenvalue weighted by molar-refractivity contribution is 5.95. The van der Waals surface area contributed by atoms with Crippen LogP contribution in [0.15, 0.2) is 42.5 Å². The third kappa shape index (κ3) is 5.43. The van der Waals surface area contributed by atoms with Crippen LogP contribution in [0.5, 0.6) is 11.5 Å². The van der Waals surface area contributed by atoms with Crippen LogP contribution in [0.1, 0.15) is 48.0 Å². The summed E-state index contributed by atoms with van der Waals surface area (Å²) in [4.78, 5) is 17.4. The van der Waals surface area contributed by atoms with Gasteiger partial charge in [0.2, 0.25) is 0 Å². The molecule has 0 saturated carbocycles. The molecule has 0 aliphatic carbocycles. The number of hydrogen-bond donors (Lipinski definition) is 1. The van der Waals surface area contributed by atoms with Crippen molar-refractivity contribution in [2.75, 3.05) is 32.7 Å². The van der Waals surface area contributed by atoms with Gasteiger partial charge in [-0.1, -0.05) is 18.6 Å². The van der Waals surface area contributed by atoms with E-state index in [0.717, 1.165) is 24.8 Å². The minimum absolute atomic E-state index is 0.0775. The number of nitrogens with two attached hydrogens (primary N) is 1. The van der Waals surface area contributed by atoms with E-state index in [2.05, 4.69) is 4.90 Å². The fourth-order valence-corrected chi connectivity index (χ4v) is 4.65. The van der Waals surface area contributed by atoms with E-state index in [1.165, 1.54) is 44.5 Å². The number of likely N-dealkylation sites (tertiary alicyclic amines) is 2. The Balaban J connectivity index is 1.39. The molecular formula is C25H32FN3O2. The van der Waals surface area contributed by atoms with Gasteiger partial charge in [0.1, 0.15) is 17.3 Å². The smallest absolute Gasteiger partial charge is 0.256 e. The molecule has 0 unspecified atom stereocenters. The Kier molecular flexibility index (Phi) is 7.20. The molecule has 0 atom stereocenters. The molecule has 2 fully saturated rings. The summed E-state index contributed by atoms with van der Waals surface area (Å²) >= 11 is 0. The van der Waals surface area contributed by atoms with E-state index in [1.54, 1.807) is 11.0 Å². The fraction of sp³-hybridized carbons (Fsp3) is 0.480. The van der Waals surface area contributed by atoms with Crippen LogP contribution in [-0.4, -0.2) is 54.5 Å². The van der Waals surface area contributed by atoms with E-state index in [4.69, 9.17) is 10.5 Å². The zero-order valence-electron chi connectivity index (χ0n) is 18.1. The van der Waals surface area contributed by atoms with Crippen LogP contribution in [0, 0.1) is 5.82 Å². The average Bonchev–Trinajstić information content (AvgIpc) is 2.82. The van der Waals surface area contributed by atoms with E-state index < -0.39 is 5.82 Å². The van der Waals surface area contributed by atoms with Gasteiger partial charge in [-0.05, 0) is 87.6 Å². The van der Waals surface area contributed by atoms with Crippen LogP contribution in [-0.2, 0) is 6.42 Å². The van der Waals surface area contributed by atoms with Gasteiger partial charge in [0.05, 0.1) is 5.56 Å². The van der Waals surface area contributed by atoms with Gasteiger partial charge in [0.25, 0.3) is 5.91 Å². The van der Waals surface area contributed by atoms with Gasteiger partial charge in [0.15, 0.2) is 0 Å². The van der Waals surface area contributed by atoms with E-state index >= 15 is 0 Å². The number of halogens is 1. The lowest BCUT2D eigenvalue weighted by molar-refractivity contribution is 0.0585. The molecule has 1 amide bonds. The van der Waals surface area contributed by atoms with Crippen molar-refractivity contribution in [2.45, 2.75) is 44.6 Å². The Morgan fingerprint density at radius 3 is 2.32 bits per heavy atom. The zero-order chi connectivity index (χ0) is 21.6. The van der Waals surface area contributed by atoms with Gasteiger partial charge in [-0.15, -0.1) is 0 Å². The first-order chi connectivity index (χ1) is 15.1. The number of carbonyl (C=O) groups excluding carboxylic acids is 1. The molecule has 2 aliphatic heterocycles. The molecule has 0 radical (unpaired) electrons. The summed E-state index contributed by atoms with van der Waals surface area (Å²) in [5, 5.41) is 0. The van der Waals surface area contributed by atoms with Gasteiger partial charge >= 0.3 is 0 Å². The van der Waals surface area contributed by atoms with Gasteiger partial charge in [0, 0.05) is 19.1 Å². The molecule has 166 valence electrons. The molecule has 0 spiro atoms. The monoisotopic (exact) mass is 425 g/mol. The Morgan fingerprint density at radius 2 is 1.65 bits per heavy atom. The lowest BCUT2D eigenvalue weighted by atomic mass is 9.99. The summed E-state index contributed by atoms with van der Waals surface area (Å²) < 4.78 is 20.4. The summed E-state index contributed by atoms with van der Waals surface area (Å²) in [5.74, 6) is 0.347. The molecule has 6 heteroatoms. The molecule has 4 rings (SSSR count). The molecule has 5 nitrogen and oxygen atoms in total. The highest BCUT2D eigenvalue weighted by Gasteiger charge is 2.29. The first kappa shape index (κ1) is 21.8. The van der Waals surface area contributed by atoms with E-state index in [0.29, 0.717) is 37.2 Å². The highest BCUT2D eigenvalue weighted by Crippen LogP contribution is 2.27. The Hall–Kier alpha value is -2.44. The number of benzene rings is 2. The van der Waals surface area contributed by atoms with Crippen molar-refractivity contribution >= 4 is 5.91 Å². The van der Waals surface area contributed by atoms with E-state index in [-0.39, 0.29) is 11.5 Å². The van der Waals surface area contributed by atoms with Crippen LogP contribution in [0.4, 0.5) is 4.39 Å². The Labute approximate surface area is 184 Å². The van der Waals surface area contributed by atoms with Gasteiger partial charge < -0.3 is 20.3 Å². The summed E-state index contributed by atoms with van der Waals surface area (Å²) in [6.07, 6.45) is 6.59. The number of nitrogens with zero attached hydrogens (tertiary/aromatic N) is 2. The first-order valence-electron chi connectivity index (χ1n) is 11.4. The van der Waals surface area contributed by atoms with Crippen molar-refractivity contribution in [3.63, 3.8) is 0 Å². The third-order valence-electron chi connectivity index (χ3n) is 6.42. The quantitative estimate of drug-likeness (QED) is 0.753. The number of hydrogen-bond acceptors (Lipinski definition) is 4. The molecule has 0 bridgehead atoms. The number of carbonyl (C=O) groups is 1. The van der Waals surface area contributed by atoms with Gasteiger partial charge in [-0.25, -0.2) is 4.39 Å². The topological polar surface area (TPSA) is 58.8 Å². The lowest BCUT2D eigenvalue weighted by Crippen LogP contribution is -2.48. The highest BCUT2D eigenvalue weighted by atomic mass is 19.1. The number of ether oxygens (including phenoxy) is 1. The Morgan fingerprint density at radius 1 is 0.968 bits per heavy atom. The molecule has 2 N–H and O–H groups in total. The maximum Gasteiger partial charge on any atom is 0.256 e. The molecular weight excluding hydrogens is 393 g/mol. The summed E-state index contributed by atoms with van der Waals surface area (Å²) in [5.41, 5.74) is 6.80. The van der Waals surface area contributed by atoms with Crippen LogP contribution in [0.25, 0.3) is 0 Å². The number of amides is 1. The molecule has 0 aromatic heterocycles. The summed E-state index contributed by atoms with van der Waals surface area (Å²) in [6.45, 7) is 4.28. The third-order valence-corrected chi connectivity index (χ3v) is 6.42. The molecule has 31 heavy (non-hydrogen) atoms. The number of rotatable bonds is 6. The summed E-state index contributed by atoms with van der Waals surface area (Å²) in [6, 6.07) is 12.6. The molecule has 2 heterocycles. The zero-order valence-corrected chi connectivity index (χ0v) is 18.1. The van der Waals surface area contributed by atoms with Crippen LogP contribution in [0.2, 0.25) is 0 Å². The van der Waals surface area contributed by atoms with Gasteiger partial charge in [-0.3, -0.25) is 4.79 Å². The Bertz CT molecular complexity index is 873. The van der Waals surface area contributed by atoms with Crippen molar-refractivity contribution in [1.82, 2.24) is 9.80 Å². The largest absolute Gasteiger partial charge is 0.457 e. The van der Waals surface area contributed by atoms with Crippen molar-refractivity contribution in [3.05, 3.63) is 59.4 Å². The van der Waals surface area contributed by atoms with Crippen molar-refractivity contribution < 1.29 is 13.9 Å². The van der Waals surface area contributed by atoms with E-state index in [9.17, 15) is 9.18 Å². The molecule has 2 aliphatic rings. The van der Waals surface area contributed by atoms with Crippen molar-refractivity contribution in [1.29, 1.82) is 0 Å². The molecule has 2 aromatic carbocycles. The predicted molar refractivity (Wildman–Crippen MR) is 120 cm³/mol. The molecule has 2 aromatic rings.